The van der Waals surface area contributed by atoms with E-state index < -0.39 is 0 Å². The van der Waals surface area contributed by atoms with E-state index in [4.69, 9.17) is 11.6 Å². The Balaban J connectivity index is 2.17. The molecule has 1 saturated heterocycles. The summed E-state index contributed by atoms with van der Waals surface area (Å²) >= 11 is 9.66. The SMILES string of the molecule is CCC(C)C1CN(c2ccc(Cl)cc2Br)CCCN1. The molecule has 0 aromatic heterocycles. The number of nitrogens with one attached hydrogen (secondary N) is 1. The Morgan fingerprint density at radius 1 is 1.53 bits per heavy atom. The minimum absolute atomic E-state index is 0.565. The summed E-state index contributed by atoms with van der Waals surface area (Å²) in [4.78, 5) is 2.47. The third-order valence-electron chi connectivity index (χ3n) is 4.01. The molecule has 2 nitrogen and oxygen atoms in total. The van der Waals surface area contributed by atoms with Crippen molar-refractivity contribution in [2.45, 2.75) is 32.7 Å². The standard InChI is InChI=1S/C15H22BrClN2/c1-3-11(2)14-10-19(8-4-7-18-14)15-6-5-12(17)9-13(15)16/h5-6,9,11,14,18H,3-4,7-8,10H2,1-2H3. The van der Waals surface area contributed by atoms with E-state index in [-0.39, 0.29) is 0 Å². The van der Waals surface area contributed by atoms with Crippen LogP contribution < -0.4 is 10.2 Å². The largest absolute Gasteiger partial charge is 0.369 e. The molecule has 1 aliphatic heterocycles. The van der Waals surface area contributed by atoms with Gasteiger partial charge in [-0.1, -0.05) is 31.9 Å². The first-order chi connectivity index (χ1) is 9.11. The maximum absolute atomic E-state index is 6.03. The third kappa shape index (κ3) is 3.87. The number of halogens is 2. The van der Waals surface area contributed by atoms with Crippen LogP contribution in [0.4, 0.5) is 5.69 Å². The summed E-state index contributed by atoms with van der Waals surface area (Å²) in [6.45, 7) is 7.87. The van der Waals surface area contributed by atoms with Crippen molar-refractivity contribution in [2.75, 3.05) is 24.5 Å². The van der Waals surface area contributed by atoms with Gasteiger partial charge in [0, 0.05) is 28.6 Å². The first-order valence-electron chi connectivity index (χ1n) is 7.05. The molecule has 0 saturated carbocycles. The molecule has 2 unspecified atom stereocenters. The maximum Gasteiger partial charge on any atom is 0.0512 e. The average molecular weight is 346 g/mol. The van der Waals surface area contributed by atoms with E-state index in [0.29, 0.717) is 12.0 Å². The van der Waals surface area contributed by atoms with E-state index in [9.17, 15) is 0 Å². The van der Waals surface area contributed by atoms with Crippen molar-refractivity contribution >= 4 is 33.2 Å². The summed E-state index contributed by atoms with van der Waals surface area (Å²) in [5.74, 6) is 0.701. The maximum atomic E-state index is 6.03. The topological polar surface area (TPSA) is 15.3 Å². The molecule has 1 fully saturated rings. The molecule has 0 aliphatic carbocycles. The van der Waals surface area contributed by atoms with Crippen LogP contribution in [0.2, 0.25) is 5.02 Å². The fraction of sp³-hybridized carbons (Fsp3) is 0.600. The lowest BCUT2D eigenvalue weighted by atomic mass is 9.99. The minimum atomic E-state index is 0.565. The highest BCUT2D eigenvalue weighted by atomic mass is 79.9. The molecule has 2 atom stereocenters. The number of nitrogens with zero attached hydrogens (tertiary/aromatic N) is 1. The average Bonchev–Trinajstić information content (AvgIpc) is 2.63. The van der Waals surface area contributed by atoms with E-state index in [0.717, 1.165) is 29.1 Å². The van der Waals surface area contributed by atoms with Crippen molar-refractivity contribution in [3.8, 4) is 0 Å². The van der Waals surface area contributed by atoms with E-state index in [1.54, 1.807) is 0 Å². The zero-order valence-corrected chi connectivity index (χ0v) is 14.0. The van der Waals surface area contributed by atoms with Gasteiger partial charge in [0.25, 0.3) is 0 Å². The highest BCUT2D eigenvalue weighted by Crippen LogP contribution is 2.30. The van der Waals surface area contributed by atoms with Gasteiger partial charge in [-0.15, -0.1) is 0 Å². The predicted octanol–water partition coefficient (Wildman–Crippen LogP) is 4.32. The lowest BCUT2D eigenvalue weighted by Gasteiger charge is -2.30. The van der Waals surface area contributed by atoms with Gasteiger partial charge in [0.05, 0.1) is 5.69 Å². The zero-order chi connectivity index (χ0) is 13.8. The van der Waals surface area contributed by atoms with Gasteiger partial charge in [-0.05, 0) is 53.0 Å². The van der Waals surface area contributed by atoms with Crippen molar-refractivity contribution in [1.82, 2.24) is 5.32 Å². The molecule has 0 radical (unpaired) electrons. The Bertz CT molecular complexity index is 425. The van der Waals surface area contributed by atoms with Crippen LogP contribution >= 0.6 is 27.5 Å². The van der Waals surface area contributed by atoms with Gasteiger partial charge < -0.3 is 10.2 Å². The van der Waals surface area contributed by atoms with Crippen LogP contribution in [0.5, 0.6) is 0 Å². The Morgan fingerprint density at radius 3 is 3.00 bits per heavy atom. The van der Waals surface area contributed by atoms with Crippen LogP contribution in [0.15, 0.2) is 22.7 Å². The lowest BCUT2D eigenvalue weighted by Crippen LogP contribution is -2.42. The van der Waals surface area contributed by atoms with Crippen LogP contribution in [0, 0.1) is 5.92 Å². The van der Waals surface area contributed by atoms with Crippen molar-refractivity contribution in [3.05, 3.63) is 27.7 Å². The summed E-state index contributed by atoms with van der Waals surface area (Å²) in [6.07, 6.45) is 2.40. The number of benzene rings is 1. The Labute approximate surface area is 129 Å². The molecule has 2 rings (SSSR count). The van der Waals surface area contributed by atoms with Gasteiger partial charge in [-0.25, -0.2) is 0 Å². The molecule has 0 amide bonds. The van der Waals surface area contributed by atoms with E-state index in [1.807, 2.05) is 12.1 Å². The molecule has 1 N–H and O–H groups in total. The van der Waals surface area contributed by atoms with Crippen molar-refractivity contribution in [2.24, 2.45) is 5.92 Å². The van der Waals surface area contributed by atoms with Crippen molar-refractivity contribution in [3.63, 3.8) is 0 Å². The first kappa shape index (κ1) is 15.1. The molecule has 0 spiro atoms. The summed E-state index contributed by atoms with van der Waals surface area (Å²) in [7, 11) is 0. The van der Waals surface area contributed by atoms with Crippen LogP contribution in [0.1, 0.15) is 26.7 Å². The molecule has 106 valence electrons. The Hall–Kier alpha value is -0.250. The second kappa shape index (κ2) is 6.96. The zero-order valence-electron chi connectivity index (χ0n) is 11.6. The Kier molecular flexibility index (Phi) is 5.55. The monoisotopic (exact) mass is 344 g/mol. The third-order valence-corrected chi connectivity index (χ3v) is 4.88. The molecule has 1 aliphatic rings. The van der Waals surface area contributed by atoms with Gasteiger partial charge in [0.15, 0.2) is 0 Å². The molecule has 4 heteroatoms. The second-order valence-corrected chi connectivity index (χ2v) is 6.63. The Morgan fingerprint density at radius 2 is 2.32 bits per heavy atom. The fourth-order valence-electron chi connectivity index (χ4n) is 2.57. The van der Waals surface area contributed by atoms with Crippen molar-refractivity contribution in [1.29, 1.82) is 0 Å². The number of hydrogen-bond acceptors (Lipinski definition) is 2. The van der Waals surface area contributed by atoms with E-state index in [1.165, 1.54) is 18.5 Å². The quantitative estimate of drug-likeness (QED) is 0.878. The summed E-state index contributed by atoms with van der Waals surface area (Å²) in [5, 5.41) is 4.46. The molecule has 1 aromatic rings. The smallest absolute Gasteiger partial charge is 0.0512 e. The van der Waals surface area contributed by atoms with E-state index in [2.05, 4.69) is 46.1 Å². The van der Waals surface area contributed by atoms with Gasteiger partial charge in [-0.3, -0.25) is 0 Å². The van der Waals surface area contributed by atoms with Crippen molar-refractivity contribution < 1.29 is 0 Å². The summed E-state index contributed by atoms with van der Waals surface area (Å²) in [6, 6.07) is 6.63. The number of anilines is 1. The number of rotatable bonds is 3. The highest BCUT2D eigenvalue weighted by molar-refractivity contribution is 9.10. The summed E-state index contributed by atoms with van der Waals surface area (Å²) in [5.41, 5.74) is 1.25. The number of hydrogen-bond donors (Lipinski definition) is 1. The molecule has 19 heavy (non-hydrogen) atoms. The van der Waals surface area contributed by atoms with Gasteiger partial charge in [-0.2, -0.15) is 0 Å². The molecular weight excluding hydrogens is 324 g/mol. The first-order valence-corrected chi connectivity index (χ1v) is 8.22. The van der Waals surface area contributed by atoms with Crippen LogP contribution in [0.3, 0.4) is 0 Å². The minimum Gasteiger partial charge on any atom is -0.369 e. The van der Waals surface area contributed by atoms with Gasteiger partial charge in [0.1, 0.15) is 0 Å². The van der Waals surface area contributed by atoms with Crippen LogP contribution in [-0.4, -0.2) is 25.7 Å². The fourth-order valence-corrected chi connectivity index (χ4v) is 3.51. The van der Waals surface area contributed by atoms with E-state index >= 15 is 0 Å². The molecule has 1 aromatic carbocycles. The summed E-state index contributed by atoms with van der Waals surface area (Å²) < 4.78 is 1.09. The normalized spacial score (nSPS) is 22.1. The highest BCUT2D eigenvalue weighted by Gasteiger charge is 2.22. The molecule has 1 heterocycles. The predicted molar refractivity (Wildman–Crippen MR) is 87.2 cm³/mol. The molecular formula is C15H22BrClN2. The van der Waals surface area contributed by atoms with Crippen LogP contribution in [0.25, 0.3) is 0 Å². The molecule has 0 bridgehead atoms. The lowest BCUT2D eigenvalue weighted by molar-refractivity contribution is 0.384. The second-order valence-electron chi connectivity index (χ2n) is 5.34. The van der Waals surface area contributed by atoms with Crippen LogP contribution in [-0.2, 0) is 0 Å². The van der Waals surface area contributed by atoms with Gasteiger partial charge in [0.2, 0.25) is 0 Å². The van der Waals surface area contributed by atoms with Gasteiger partial charge >= 0.3 is 0 Å².